The van der Waals surface area contributed by atoms with Crippen molar-refractivity contribution >= 4 is 5.91 Å². The van der Waals surface area contributed by atoms with Gasteiger partial charge in [-0.05, 0) is 62.6 Å². The van der Waals surface area contributed by atoms with E-state index in [4.69, 9.17) is 9.47 Å². The lowest BCUT2D eigenvalue weighted by molar-refractivity contribution is 0.0374. The Hall–Kier alpha value is -2.41. The first-order valence-electron chi connectivity index (χ1n) is 12.3. The molecule has 0 aliphatic carbocycles. The molecule has 33 heavy (non-hydrogen) atoms. The van der Waals surface area contributed by atoms with Gasteiger partial charge < -0.3 is 14.8 Å². The van der Waals surface area contributed by atoms with Crippen LogP contribution in [0.25, 0.3) is 0 Å². The first-order chi connectivity index (χ1) is 16.2. The number of ether oxygens (including phenoxy) is 2. The van der Waals surface area contributed by atoms with E-state index in [2.05, 4.69) is 46.3 Å². The standard InChI is InChI=1S/C27H37N3O3/c1-22-3-5-23(6-4-22)21-30-15-11-26(12-16-30)33-25-9-7-24(8-10-25)27(31)28-13-2-14-29-17-19-32-20-18-29/h3-10,26H,2,11-21H2,1H3,(H,28,31). The van der Waals surface area contributed by atoms with Crippen molar-refractivity contribution in [1.29, 1.82) is 0 Å². The Kier molecular flexibility index (Phi) is 8.75. The van der Waals surface area contributed by atoms with Gasteiger partial charge in [0.05, 0.1) is 13.2 Å². The number of aryl methyl sites for hydroxylation is 1. The third kappa shape index (κ3) is 7.56. The van der Waals surface area contributed by atoms with Crippen LogP contribution in [0.5, 0.6) is 5.75 Å². The molecular weight excluding hydrogens is 414 g/mol. The van der Waals surface area contributed by atoms with Crippen molar-refractivity contribution in [2.75, 3.05) is 52.5 Å². The summed E-state index contributed by atoms with van der Waals surface area (Å²) in [5.74, 6) is 0.823. The quantitative estimate of drug-likeness (QED) is 0.592. The lowest BCUT2D eigenvalue weighted by Gasteiger charge is -2.32. The van der Waals surface area contributed by atoms with Gasteiger partial charge in [-0.3, -0.25) is 14.6 Å². The number of amides is 1. The fourth-order valence-electron chi connectivity index (χ4n) is 4.45. The van der Waals surface area contributed by atoms with Crippen LogP contribution in [0.4, 0.5) is 0 Å². The monoisotopic (exact) mass is 451 g/mol. The van der Waals surface area contributed by atoms with Gasteiger partial charge in [-0.2, -0.15) is 0 Å². The smallest absolute Gasteiger partial charge is 0.251 e. The fraction of sp³-hybridized carbons (Fsp3) is 0.519. The molecule has 0 bridgehead atoms. The molecular formula is C27H37N3O3. The Morgan fingerprint density at radius 1 is 0.970 bits per heavy atom. The van der Waals surface area contributed by atoms with Crippen LogP contribution in [0.2, 0.25) is 0 Å². The van der Waals surface area contributed by atoms with Crippen molar-refractivity contribution < 1.29 is 14.3 Å². The number of nitrogens with zero attached hydrogens (tertiary/aromatic N) is 2. The zero-order valence-electron chi connectivity index (χ0n) is 19.8. The molecule has 4 rings (SSSR count). The SMILES string of the molecule is Cc1ccc(CN2CCC(Oc3ccc(C(=O)NCCCN4CCOCC4)cc3)CC2)cc1. The van der Waals surface area contributed by atoms with E-state index in [1.54, 1.807) is 0 Å². The molecule has 0 unspecified atom stereocenters. The van der Waals surface area contributed by atoms with Crippen molar-refractivity contribution in [1.82, 2.24) is 15.1 Å². The summed E-state index contributed by atoms with van der Waals surface area (Å²) in [6.07, 6.45) is 3.24. The molecule has 6 heteroatoms. The Morgan fingerprint density at radius 3 is 2.36 bits per heavy atom. The molecule has 2 fully saturated rings. The van der Waals surface area contributed by atoms with Crippen molar-refractivity contribution in [3.05, 3.63) is 65.2 Å². The lowest BCUT2D eigenvalue weighted by atomic mass is 10.1. The fourth-order valence-corrected chi connectivity index (χ4v) is 4.45. The van der Waals surface area contributed by atoms with Crippen LogP contribution < -0.4 is 10.1 Å². The zero-order chi connectivity index (χ0) is 22.9. The highest BCUT2D eigenvalue weighted by Gasteiger charge is 2.20. The van der Waals surface area contributed by atoms with Gasteiger partial charge in [0, 0.05) is 44.8 Å². The zero-order valence-corrected chi connectivity index (χ0v) is 19.8. The second-order valence-corrected chi connectivity index (χ2v) is 9.17. The van der Waals surface area contributed by atoms with Crippen LogP contribution in [-0.2, 0) is 11.3 Å². The molecule has 2 aromatic carbocycles. The number of hydrogen-bond acceptors (Lipinski definition) is 5. The van der Waals surface area contributed by atoms with E-state index in [0.717, 1.165) is 77.5 Å². The van der Waals surface area contributed by atoms with Gasteiger partial charge in [-0.15, -0.1) is 0 Å². The number of carbonyl (C=O) groups excluding carboxylic acids is 1. The molecule has 2 aromatic rings. The summed E-state index contributed by atoms with van der Waals surface area (Å²) in [6, 6.07) is 16.4. The number of carbonyl (C=O) groups is 1. The molecule has 2 aliphatic heterocycles. The van der Waals surface area contributed by atoms with Crippen LogP contribution in [0, 0.1) is 6.92 Å². The summed E-state index contributed by atoms with van der Waals surface area (Å²) >= 11 is 0. The van der Waals surface area contributed by atoms with Gasteiger partial charge in [0.2, 0.25) is 0 Å². The van der Waals surface area contributed by atoms with E-state index in [1.165, 1.54) is 11.1 Å². The summed E-state index contributed by atoms with van der Waals surface area (Å²) in [5.41, 5.74) is 3.36. The Morgan fingerprint density at radius 2 is 1.67 bits per heavy atom. The van der Waals surface area contributed by atoms with Gasteiger partial charge in [0.1, 0.15) is 11.9 Å². The van der Waals surface area contributed by atoms with Gasteiger partial charge in [-0.1, -0.05) is 29.8 Å². The number of rotatable bonds is 9. The number of benzene rings is 2. The normalized spacial score (nSPS) is 18.2. The Balaban J connectivity index is 1.14. The number of nitrogens with one attached hydrogen (secondary N) is 1. The lowest BCUT2D eigenvalue weighted by Crippen LogP contribution is -2.38. The van der Waals surface area contributed by atoms with Crippen molar-refractivity contribution in [2.24, 2.45) is 0 Å². The van der Waals surface area contributed by atoms with E-state index >= 15 is 0 Å². The summed E-state index contributed by atoms with van der Waals surface area (Å²) in [5, 5.41) is 3.02. The Labute approximate surface area is 197 Å². The average molecular weight is 452 g/mol. The van der Waals surface area contributed by atoms with Gasteiger partial charge >= 0.3 is 0 Å². The molecule has 178 valence electrons. The molecule has 0 atom stereocenters. The van der Waals surface area contributed by atoms with Crippen LogP contribution in [-0.4, -0.2) is 74.3 Å². The van der Waals surface area contributed by atoms with Crippen LogP contribution >= 0.6 is 0 Å². The predicted molar refractivity (Wildman–Crippen MR) is 131 cm³/mol. The van der Waals surface area contributed by atoms with Crippen LogP contribution in [0.15, 0.2) is 48.5 Å². The maximum Gasteiger partial charge on any atom is 0.251 e. The van der Waals surface area contributed by atoms with Crippen molar-refractivity contribution in [2.45, 2.75) is 38.8 Å². The van der Waals surface area contributed by atoms with E-state index in [1.807, 2.05) is 24.3 Å². The Bertz CT molecular complexity index is 855. The summed E-state index contributed by atoms with van der Waals surface area (Å²) in [4.78, 5) is 17.3. The molecule has 0 saturated carbocycles. The summed E-state index contributed by atoms with van der Waals surface area (Å²) in [6.45, 7) is 10.5. The third-order valence-corrected chi connectivity index (χ3v) is 6.52. The van der Waals surface area contributed by atoms with Crippen molar-refractivity contribution in [3.63, 3.8) is 0 Å². The minimum Gasteiger partial charge on any atom is -0.490 e. The molecule has 2 saturated heterocycles. The molecule has 0 aromatic heterocycles. The van der Waals surface area contributed by atoms with Crippen LogP contribution in [0.3, 0.4) is 0 Å². The van der Waals surface area contributed by atoms with E-state index in [-0.39, 0.29) is 12.0 Å². The molecule has 6 nitrogen and oxygen atoms in total. The topological polar surface area (TPSA) is 54.0 Å². The molecule has 2 aliphatic rings. The maximum atomic E-state index is 12.4. The maximum absolute atomic E-state index is 12.4. The number of hydrogen-bond donors (Lipinski definition) is 1. The minimum atomic E-state index is -0.0204. The van der Waals surface area contributed by atoms with Gasteiger partial charge in [0.15, 0.2) is 0 Å². The van der Waals surface area contributed by atoms with Crippen molar-refractivity contribution in [3.8, 4) is 5.75 Å². The molecule has 2 heterocycles. The minimum absolute atomic E-state index is 0.0204. The second-order valence-electron chi connectivity index (χ2n) is 9.17. The first-order valence-corrected chi connectivity index (χ1v) is 12.3. The third-order valence-electron chi connectivity index (χ3n) is 6.52. The first kappa shape index (κ1) is 23.7. The molecule has 0 spiro atoms. The largest absolute Gasteiger partial charge is 0.490 e. The van der Waals surface area contributed by atoms with Gasteiger partial charge in [-0.25, -0.2) is 0 Å². The molecule has 1 amide bonds. The predicted octanol–water partition coefficient (Wildman–Crippen LogP) is 3.49. The van der Waals surface area contributed by atoms with Crippen LogP contribution in [0.1, 0.15) is 40.7 Å². The molecule has 0 radical (unpaired) electrons. The average Bonchev–Trinajstić information content (AvgIpc) is 2.85. The summed E-state index contributed by atoms with van der Waals surface area (Å²) in [7, 11) is 0. The highest BCUT2D eigenvalue weighted by atomic mass is 16.5. The highest BCUT2D eigenvalue weighted by molar-refractivity contribution is 5.94. The number of morpholine rings is 1. The number of piperidine rings is 1. The number of likely N-dealkylation sites (tertiary alicyclic amines) is 1. The summed E-state index contributed by atoms with van der Waals surface area (Å²) < 4.78 is 11.6. The molecule has 1 N–H and O–H groups in total. The van der Waals surface area contributed by atoms with E-state index < -0.39 is 0 Å². The van der Waals surface area contributed by atoms with E-state index in [0.29, 0.717) is 12.1 Å². The van der Waals surface area contributed by atoms with Gasteiger partial charge in [0.25, 0.3) is 5.91 Å². The second kappa shape index (κ2) is 12.2. The van der Waals surface area contributed by atoms with E-state index in [9.17, 15) is 4.79 Å². The highest BCUT2D eigenvalue weighted by Crippen LogP contribution is 2.21.